The van der Waals surface area contributed by atoms with Gasteiger partial charge in [-0.3, -0.25) is 9.59 Å². The Hall–Kier alpha value is -1.60. The van der Waals surface area contributed by atoms with E-state index in [-0.39, 0.29) is 24.1 Å². The van der Waals surface area contributed by atoms with Gasteiger partial charge in [-0.25, -0.2) is 0 Å². The minimum atomic E-state index is -0.272. The second-order valence-electron chi connectivity index (χ2n) is 4.10. The van der Waals surface area contributed by atoms with Gasteiger partial charge < -0.3 is 14.5 Å². The number of benzene rings is 1. The molecule has 1 aliphatic heterocycles. The monoisotopic (exact) mass is 399 g/mol. The highest BCUT2D eigenvalue weighted by Crippen LogP contribution is 2.35. The summed E-state index contributed by atoms with van der Waals surface area (Å²) in [6.45, 7) is -0.0609. The van der Waals surface area contributed by atoms with Crippen molar-refractivity contribution in [1.29, 1.82) is 0 Å². The van der Waals surface area contributed by atoms with Gasteiger partial charge >= 0.3 is 0 Å². The van der Waals surface area contributed by atoms with Crippen LogP contribution in [0.15, 0.2) is 37.8 Å². The van der Waals surface area contributed by atoms with Crippen LogP contribution in [-0.2, 0) is 4.79 Å². The summed E-state index contributed by atoms with van der Waals surface area (Å²) in [7, 11) is 0. The molecule has 0 spiro atoms. The molecule has 0 saturated heterocycles. The molecule has 102 valence electrons. The van der Waals surface area contributed by atoms with Crippen LogP contribution in [0.1, 0.15) is 16.1 Å². The van der Waals surface area contributed by atoms with E-state index in [0.717, 1.165) is 0 Å². The first-order chi connectivity index (χ1) is 9.54. The van der Waals surface area contributed by atoms with Gasteiger partial charge in [-0.1, -0.05) is 0 Å². The number of hydrogen-bond acceptors (Lipinski definition) is 4. The van der Waals surface area contributed by atoms with E-state index in [1.165, 1.54) is 0 Å². The molecule has 0 atom stereocenters. The third-order valence-corrected chi connectivity index (χ3v) is 3.83. The number of carbonyl (C=O) groups excluding carboxylic acids is 2. The minimum Gasteiger partial charge on any atom is -0.482 e. The van der Waals surface area contributed by atoms with Crippen molar-refractivity contribution in [3.05, 3.63) is 44.7 Å². The SMILES string of the molecule is O=C1COc2cc(C(=O)c3ccc(Br)o3)c(Br)cc2N1. The second-order valence-corrected chi connectivity index (χ2v) is 5.73. The zero-order valence-electron chi connectivity index (χ0n) is 9.91. The minimum absolute atomic E-state index is 0.0609. The Balaban J connectivity index is 2.02. The summed E-state index contributed by atoms with van der Waals surface area (Å²) < 4.78 is 11.6. The zero-order chi connectivity index (χ0) is 14.3. The maximum absolute atomic E-state index is 12.3. The first-order valence-electron chi connectivity index (χ1n) is 5.61. The Morgan fingerprint density at radius 2 is 2.05 bits per heavy atom. The van der Waals surface area contributed by atoms with Crippen molar-refractivity contribution in [2.45, 2.75) is 0 Å². The third kappa shape index (κ3) is 2.38. The van der Waals surface area contributed by atoms with E-state index in [0.29, 0.717) is 26.1 Å². The van der Waals surface area contributed by atoms with Crippen molar-refractivity contribution >= 4 is 49.2 Å². The summed E-state index contributed by atoms with van der Waals surface area (Å²) in [4.78, 5) is 23.6. The molecule has 2 heterocycles. The molecular formula is C13H7Br2NO4. The van der Waals surface area contributed by atoms with Gasteiger partial charge in [-0.05, 0) is 56.1 Å². The van der Waals surface area contributed by atoms with Crippen LogP contribution in [0.3, 0.4) is 0 Å². The largest absolute Gasteiger partial charge is 0.482 e. The average molecular weight is 401 g/mol. The van der Waals surface area contributed by atoms with Crippen molar-refractivity contribution in [3.8, 4) is 5.75 Å². The van der Waals surface area contributed by atoms with Crippen LogP contribution in [0.4, 0.5) is 5.69 Å². The second kappa shape index (κ2) is 5.06. The number of nitrogens with one attached hydrogen (secondary N) is 1. The van der Waals surface area contributed by atoms with Gasteiger partial charge in [0.2, 0.25) is 5.78 Å². The van der Waals surface area contributed by atoms with Gasteiger partial charge in [0.1, 0.15) is 5.75 Å². The summed E-state index contributed by atoms with van der Waals surface area (Å²) in [5.41, 5.74) is 0.937. The highest BCUT2D eigenvalue weighted by Gasteiger charge is 2.22. The molecule has 1 N–H and O–H groups in total. The van der Waals surface area contributed by atoms with Crippen LogP contribution in [0, 0.1) is 0 Å². The predicted molar refractivity (Wildman–Crippen MR) is 78.1 cm³/mol. The van der Waals surface area contributed by atoms with E-state index in [1.807, 2.05) is 0 Å². The molecule has 0 aliphatic carbocycles. The van der Waals surface area contributed by atoms with E-state index in [4.69, 9.17) is 9.15 Å². The number of hydrogen-bond donors (Lipinski definition) is 1. The molecular weight excluding hydrogens is 394 g/mol. The molecule has 1 aliphatic rings. The van der Waals surface area contributed by atoms with Gasteiger partial charge in [0.25, 0.3) is 5.91 Å². The van der Waals surface area contributed by atoms with Gasteiger partial charge in [0.05, 0.1) is 5.69 Å². The number of carbonyl (C=O) groups is 2. The lowest BCUT2D eigenvalue weighted by Gasteiger charge is -2.19. The van der Waals surface area contributed by atoms with Gasteiger partial charge in [-0.15, -0.1) is 0 Å². The van der Waals surface area contributed by atoms with Crippen LogP contribution >= 0.6 is 31.9 Å². The molecule has 3 rings (SSSR count). The normalized spacial score (nSPS) is 13.4. The maximum atomic E-state index is 12.3. The van der Waals surface area contributed by atoms with E-state index in [2.05, 4.69) is 37.2 Å². The Labute approximate surface area is 130 Å². The number of fused-ring (bicyclic) bond motifs is 1. The molecule has 1 amide bonds. The molecule has 0 fully saturated rings. The fraction of sp³-hybridized carbons (Fsp3) is 0.0769. The molecule has 0 bridgehead atoms. The summed E-state index contributed by atoms with van der Waals surface area (Å²) in [6, 6.07) is 6.45. The molecule has 0 unspecified atom stereocenters. The van der Waals surface area contributed by atoms with Crippen LogP contribution in [0.2, 0.25) is 0 Å². The van der Waals surface area contributed by atoms with Crippen LogP contribution in [0.25, 0.3) is 0 Å². The molecule has 2 aromatic rings. The summed E-state index contributed by atoms with van der Waals surface area (Å²) in [5.74, 6) is 0.184. The number of ketones is 1. The van der Waals surface area contributed by atoms with Crippen LogP contribution in [0.5, 0.6) is 5.75 Å². The topological polar surface area (TPSA) is 68.5 Å². The first kappa shape index (κ1) is 13.4. The fourth-order valence-electron chi connectivity index (χ4n) is 1.84. The fourth-order valence-corrected chi connectivity index (χ4v) is 2.67. The van der Waals surface area contributed by atoms with E-state index in [1.54, 1.807) is 24.3 Å². The maximum Gasteiger partial charge on any atom is 0.262 e. The summed E-state index contributed by atoms with van der Waals surface area (Å²) >= 11 is 6.47. The van der Waals surface area contributed by atoms with Gasteiger partial charge in [-0.2, -0.15) is 0 Å². The van der Waals surface area contributed by atoms with Crippen LogP contribution < -0.4 is 10.1 Å². The molecule has 7 heteroatoms. The Morgan fingerprint density at radius 3 is 2.75 bits per heavy atom. The lowest BCUT2D eigenvalue weighted by atomic mass is 10.1. The smallest absolute Gasteiger partial charge is 0.262 e. The lowest BCUT2D eigenvalue weighted by molar-refractivity contribution is -0.118. The predicted octanol–water partition coefficient (Wildman–Crippen LogP) is 3.37. The quantitative estimate of drug-likeness (QED) is 0.784. The van der Waals surface area contributed by atoms with Gasteiger partial charge in [0.15, 0.2) is 17.0 Å². The van der Waals surface area contributed by atoms with Crippen molar-refractivity contribution in [3.63, 3.8) is 0 Å². The number of ether oxygens (including phenoxy) is 1. The Bertz CT molecular complexity index is 723. The summed E-state index contributed by atoms with van der Waals surface area (Å²) in [5, 5.41) is 2.67. The van der Waals surface area contributed by atoms with Crippen molar-refractivity contribution in [2.75, 3.05) is 11.9 Å². The molecule has 0 radical (unpaired) electrons. The molecule has 0 saturated carbocycles. The van der Waals surface area contributed by atoms with E-state index >= 15 is 0 Å². The molecule has 20 heavy (non-hydrogen) atoms. The standard InChI is InChI=1S/C13H7Br2NO4/c14-7-4-8-10(19-5-12(17)16-8)3-6(7)13(18)9-1-2-11(15)20-9/h1-4H,5H2,(H,16,17). The summed E-state index contributed by atoms with van der Waals surface area (Å²) in [6.07, 6.45) is 0. The van der Waals surface area contributed by atoms with Crippen molar-refractivity contribution in [2.24, 2.45) is 0 Å². The van der Waals surface area contributed by atoms with Crippen molar-refractivity contribution < 1.29 is 18.7 Å². The number of halogens is 2. The number of amides is 1. The average Bonchev–Trinajstić information content (AvgIpc) is 2.84. The highest BCUT2D eigenvalue weighted by atomic mass is 79.9. The molecule has 1 aromatic carbocycles. The number of furan rings is 1. The van der Waals surface area contributed by atoms with Crippen molar-refractivity contribution in [1.82, 2.24) is 0 Å². The first-order valence-corrected chi connectivity index (χ1v) is 7.19. The number of anilines is 1. The van der Waals surface area contributed by atoms with E-state index in [9.17, 15) is 9.59 Å². The van der Waals surface area contributed by atoms with E-state index < -0.39 is 0 Å². The lowest BCUT2D eigenvalue weighted by Crippen LogP contribution is -2.25. The third-order valence-electron chi connectivity index (χ3n) is 2.74. The Morgan fingerprint density at radius 1 is 1.25 bits per heavy atom. The number of rotatable bonds is 2. The highest BCUT2D eigenvalue weighted by molar-refractivity contribution is 9.10. The van der Waals surface area contributed by atoms with Gasteiger partial charge in [0, 0.05) is 10.0 Å². The zero-order valence-corrected chi connectivity index (χ0v) is 13.1. The molecule has 1 aromatic heterocycles. The molecule has 5 nitrogen and oxygen atoms in total. The van der Waals surface area contributed by atoms with Crippen LogP contribution in [-0.4, -0.2) is 18.3 Å². The Kier molecular flexibility index (Phi) is 3.39.